The van der Waals surface area contributed by atoms with Crippen LogP contribution in [0, 0.1) is 0 Å². The van der Waals surface area contributed by atoms with Gasteiger partial charge in [-0.1, -0.05) is 18.2 Å². The molecule has 3 nitrogen and oxygen atoms in total. The molecule has 1 aromatic heterocycles. The molecule has 0 aliphatic heterocycles. The summed E-state index contributed by atoms with van der Waals surface area (Å²) in [7, 11) is 0. The Bertz CT molecular complexity index is 486. The first kappa shape index (κ1) is 9.60. The zero-order chi connectivity index (χ0) is 11.0. The molecule has 0 unspecified atom stereocenters. The van der Waals surface area contributed by atoms with E-state index in [9.17, 15) is 5.11 Å². The molecule has 0 spiro atoms. The zero-order valence-corrected chi connectivity index (χ0v) is 9.00. The van der Waals surface area contributed by atoms with Gasteiger partial charge in [0.25, 0.3) is 0 Å². The maximum Gasteiger partial charge on any atom is 0.0715 e. The third-order valence-electron chi connectivity index (χ3n) is 2.98. The van der Waals surface area contributed by atoms with Gasteiger partial charge in [-0.3, -0.25) is 0 Å². The summed E-state index contributed by atoms with van der Waals surface area (Å²) in [5, 5.41) is 13.9. The molecule has 1 N–H and O–H groups in total. The second-order valence-corrected chi connectivity index (χ2v) is 4.25. The van der Waals surface area contributed by atoms with E-state index in [2.05, 4.69) is 5.10 Å². The van der Waals surface area contributed by atoms with Gasteiger partial charge >= 0.3 is 0 Å². The van der Waals surface area contributed by atoms with Crippen LogP contribution in [0.2, 0.25) is 0 Å². The summed E-state index contributed by atoms with van der Waals surface area (Å²) >= 11 is 0. The Hall–Kier alpha value is -1.61. The summed E-state index contributed by atoms with van der Waals surface area (Å²) < 4.78 is 1.86. The van der Waals surface area contributed by atoms with Crippen LogP contribution in [0.4, 0.5) is 0 Å². The number of nitrogens with zero attached hydrogens (tertiary/aromatic N) is 2. The smallest absolute Gasteiger partial charge is 0.0715 e. The lowest BCUT2D eigenvalue weighted by Gasteiger charge is -1.99. The Labute approximate surface area is 94.3 Å². The predicted octanol–water partition coefficient (Wildman–Crippen LogP) is 2.24. The molecule has 1 aliphatic carbocycles. The quantitative estimate of drug-likeness (QED) is 0.851. The summed E-state index contributed by atoms with van der Waals surface area (Å²) in [4.78, 5) is 0. The van der Waals surface area contributed by atoms with Crippen LogP contribution in [-0.2, 0) is 6.61 Å². The molecular weight excluding hydrogens is 200 g/mol. The zero-order valence-electron chi connectivity index (χ0n) is 9.00. The van der Waals surface area contributed by atoms with Gasteiger partial charge in [0.15, 0.2) is 0 Å². The normalized spacial score (nSPS) is 15.3. The van der Waals surface area contributed by atoms with E-state index < -0.39 is 0 Å². The summed E-state index contributed by atoms with van der Waals surface area (Å²) in [6.45, 7) is 0.0820. The van der Waals surface area contributed by atoms with E-state index in [1.165, 1.54) is 12.8 Å². The van der Waals surface area contributed by atoms with Gasteiger partial charge in [0.05, 0.1) is 18.0 Å². The van der Waals surface area contributed by atoms with Gasteiger partial charge in [-0.25, -0.2) is 4.68 Å². The first-order valence-corrected chi connectivity index (χ1v) is 5.63. The van der Waals surface area contributed by atoms with Crippen molar-refractivity contribution in [3.63, 3.8) is 0 Å². The molecule has 0 amide bonds. The molecule has 1 heterocycles. The number of aliphatic hydroxyl groups excluding tert-OH is 1. The molecule has 1 saturated carbocycles. The number of benzene rings is 1. The van der Waals surface area contributed by atoms with Crippen molar-refractivity contribution < 1.29 is 5.11 Å². The van der Waals surface area contributed by atoms with E-state index in [0.717, 1.165) is 16.9 Å². The van der Waals surface area contributed by atoms with E-state index in [4.69, 9.17) is 0 Å². The minimum Gasteiger partial charge on any atom is -0.392 e. The minimum atomic E-state index is 0.0820. The monoisotopic (exact) mass is 214 g/mol. The minimum absolute atomic E-state index is 0.0820. The second-order valence-electron chi connectivity index (χ2n) is 4.25. The number of para-hydroxylation sites is 1. The lowest BCUT2D eigenvalue weighted by Crippen LogP contribution is -1.94. The molecule has 1 aliphatic rings. The molecule has 82 valence electrons. The Morgan fingerprint density at radius 2 is 2.00 bits per heavy atom. The van der Waals surface area contributed by atoms with Crippen molar-refractivity contribution in [2.75, 3.05) is 0 Å². The van der Waals surface area contributed by atoms with Gasteiger partial charge in [0.2, 0.25) is 0 Å². The molecule has 2 aromatic rings. The Morgan fingerprint density at radius 1 is 1.25 bits per heavy atom. The van der Waals surface area contributed by atoms with E-state index in [-0.39, 0.29) is 6.61 Å². The van der Waals surface area contributed by atoms with Crippen molar-refractivity contribution in [2.24, 2.45) is 0 Å². The first-order chi connectivity index (χ1) is 7.88. The summed E-state index contributed by atoms with van der Waals surface area (Å²) in [5.41, 5.74) is 3.09. The maximum absolute atomic E-state index is 9.30. The fourth-order valence-corrected chi connectivity index (χ4v) is 1.96. The molecule has 0 radical (unpaired) electrons. The highest BCUT2D eigenvalue weighted by molar-refractivity contribution is 5.34. The lowest BCUT2D eigenvalue weighted by molar-refractivity contribution is 0.280. The number of aromatic nitrogens is 2. The molecular formula is C13H14N2O. The van der Waals surface area contributed by atoms with Crippen LogP contribution in [0.3, 0.4) is 0 Å². The third kappa shape index (κ3) is 1.63. The highest BCUT2D eigenvalue weighted by Gasteiger charge is 2.29. The number of hydrogen-bond acceptors (Lipinski definition) is 2. The molecule has 0 bridgehead atoms. The van der Waals surface area contributed by atoms with Crippen molar-refractivity contribution in [1.29, 1.82) is 0 Å². The first-order valence-electron chi connectivity index (χ1n) is 5.63. The van der Waals surface area contributed by atoms with Crippen LogP contribution < -0.4 is 0 Å². The fourth-order valence-electron chi connectivity index (χ4n) is 1.96. The van der Waals surface area contributed by atoms with Gasteiger partial charge in [0.1, 0.15) is 0 Å². The van der Waals surface area contributed by atoms with Crippen LogP contribution in [0.25, 0.3) is 5.69 Å². The maximum atomic E-state index is 9.30. The average Bonchev–Trinajstić information content (AvgIpc) is 3.10. The van der Waals surface area contributed by atoms with Crippen LogP contribution in [-0.4, -0.2) is 14.9 Å². The molecule has 16 heavy (non-hydrogen) atoms. The van der Waals surface area contributed by atoms with E-state index in [1.54, 1.807) is 0 Å². The third-order valence-corrected chi connectivity index (χ3v) is 2.98. The van der Waals surface area contributed by atoms with Gasteiger partial charge in [-0.15, -0.1) is 0 Å². The average molecular weight is 214 g/mol. The number of rotatable bonds is 3. The lowest BCUT2D eigenvalue weighted by atomic mass is 10.2. The second kappa shape index (κ2) is 3.76. The van der Waals surface area contributed by atoms with E-state index >= 15 is 0 Å². The molecule has 3 rings (SSSR count). The molecule has 3 heteroatoms. The molecule has 0 atom stereocenters. The number of aliphatic hydroxyl groups is 1. The van der Waals surface area contributed by atoms with E-state index in [1.807, 2.05) is 41.2 Å². The molecule has 0 saturated heterocycles. The summed E-state index contributed by atoms with van der Waals surface area (Å²) in [5.74, 6) is 0.576. The summed E-state index contributed by atoms with van der Waals surface area (Å²) in [6, 6.07) is 10.0. The van der Waals surface area contributed by atoms with Crippen molar-refractivity contribution in [3.8, 4) is 5.69 Å². The van der Waals surface area contributed by atoms with E-state index in [0.29, 0.717) is 5.92 Å². The highest BCUT2D eigenvalue weighted by atomic mass is 16.3. The standard InChI is InChI=1S/C13H14N2O/c16-9-11-8-15(12-4-2-1-3-5-12)14-13(11)10-6-7-10/h1-5,8,10,16H,6-7,9H2. The topological polar surface area (TPSA) is 38.0 Å². The van der Waals surface area contributed by atoms with Crippen molar-refractivity contribution in [3.05, 3.63) is 47.8 Å². The number of hydrogen-bond donors (Lipinski definition) is 1. The Morgan fingerprint density at radius 3 is 2.62 bits per heavy atom. The van der Waals surface area contributed by atoms with Gasteiger partial charge in [-0.2, -0.15) is 5.10 Å². The predicted molar refractivity (Wildman–Crippen MR) is 61.5 cm³/mol. The largest absolute Gasteiger partial charge is 0.392 e. The summed E-state index contributed by atoms with van der Waals surface area (Å²) in [6.07, 6.45) is 4.35. The molecule has 1 aromatic carbocycles. The SMILES string of the molecule is OCc1cn(-c2ccccc2)nc1C1CC1. The van der Waals surface area contributed by atoms with Gasteiger partial charge < -0.3 is 5.11 Å². The van der Waals surface area contributed by atoms with Crippen molar-refractivity contribution in [2.45, 2.75) is 25.4 Å². The fraction of sp³-hybridized carbons (Fsp3) is 0.308. The molecule has 1 fully saturated rings. The van der Waals surface area contributed by atoms with Crippen LogP contribution >= 0.6 is 0 Å². The Balaban J connectivity index is 2.02. The van der Waals surface area contributed by atoms with Crippen molar-refractivity contribution in [1.82, 2.24) is 9.78 Å². The van der Waals surface area contributed by atoms with Crippen LogP contribution in [0.5, 0.6) is 0 Å². The van der Waals surface area contributed by atoms with Gasteiger partial charge in [0, 0.05) is 17.7 Å². The highest BCUT2D eigenvalue weighted by Crippen LogP contribution is 2.40. The van der Waals surface area contributed by atoms with Gasteiger partial charge in [-0.05, 0) is 25.0 Å². The van der Waals surface area contributed by atoms with Crippen LogP contribution in [0.1, 0.15) is 30.0 Å². The Kier molecular flexibility index (Phi) is 2.26. The van der Waals surface area contributed by atoms with Crippen molar-refractivity contribution >= 4 is 0 Å². The van der Waals surface area contributed by atoms with Crippen LogP contribution in [0.15, 0.2) is 36.5 Å².